The van der Waals surface area contributed by atoms with Gasteiger partial charge in [-0.05, 0) is 32.9 Å². The van der Waals surface area contributed by atoms with E-state index in [1.54, 1.807) is 22.2 Å². The molecule has 22 heavy (non-hydrogen) atoms. The van der Waals surface area contributed by atoms with Crippen molar-refractivity contribution in [3.05, 3.63) is 39.1 Å². The van der Waals surface area contributed by atoms with E-state index in [9.17, 15) is 4.79 Å². The van der Waals surface area contributed by atoms with Crippen LogP contribution in [-0.4, -0.2) is 22.3 Å². The first-order valence-electron chi connectivity index (χ1n) is 7.21. The van der Waals surface area contributed by atoms with E-state index in [4.69, 9.17) is 4.74 Å². The maximum absolute atomic E-state index is 12.7. The molecule has 0 atom stereocenters. The van der Waals surface area contributed by atoms with Gasteiger partial charge >= 0.3 is 0 Å². The minimum atomic E-state index is 0.0136. The summed E-state index contributed by atoms with van der Waals surface area (Å²) in [6.07, 6.45) is 1.78. The van der Waals surface area contributed by atoms with Gasteiger partial charge in [0.1, 0.15) is 4.83 Å². The van der Waals surface area contributed by atoms with Crippen LogP contribution < -0.4 is 5.56 Å². The lowest BCUT2D eigenvalue weighted by molar-refractivity contribution is 0.0722. The van der Waals surface area contributed by atoms with Gasteiger partial charge in [0.15, 0.2) is 0 Å². The summed E-state index contributed by atoms with van der Waals surface area (Å²) in [5, 5.41) is 2.75. The zero-order valence-electron chi connectivity index (χ0n) is 12.8. The minimum Gasteiger partial charge on any atom is -0.377 e. The van der Waals surface area contributed by atoms with Crippen molar-refractivity contribution in [2.75, 3.05) is 6.61 Å². The molecule has 0 saturated heterocycles. The number of fused-ring (bicyclic) bond motifs is 1. The van der Waals surface area contributed by atoms with E-state index in [1.807, 2.05) is 19.2 Å². The van der Waals surface area contributed by atoms with Crippen LogP contribution in [0, 0.1) is 6.92 Å². The third-order valence-corrected chi connectivity index (χ3v) is 5.27. The van der Waals surface area contributed by atoms with Gasteiger partial charge in [0.2, 0.25) is 0 Å². The minimum absolute atomic E-state index is 0.0136. The Balaban J connectivity index is 2.00. The predicted octanol–water partition coefficient (Wildman–Crippen LogP) is 3.92. The van der Waals surface area contributed by atoms with Crippen LogP contribution in [0.25, 0.3) is 20.7 Å². The Morgan fingerprint density at radius 3 is 2.86 bits per heavy atom. The van der Waals surface area contributed by atoms with Crippen molar-refractivity contribution < 1.29 is 4.74 Å². The molecule has 0 aliphatic carbocycles. The molecule has 0 amide bonds. The summed E-state index contributed by atoms with van der Waals surface area (Å²) in [6.45, 7) is 7.09. The van der Waals surface area contributed by atoms with Gasteiger partial charge in [0, 0.05) is 20.7 Å². The number of thiophene rings is 2. The first-order valence-corrected chi connectivity index (χ1v) is 8.91. The zero-order chi connectivity index (χ0) is 15.7. The molecule has 0 N–H and O–H groups in total. The molecule has 0 saturated carbocycles. The number of rotatable bonds is 5. The van der Waals surface area contributed by atoms with Crippen molar-refractivity contribution in [1.82, 2.24) is 9.55 Å². The van der Waals surface area contributed by atoms with Crippen LogP contribution >= 0.6 is 22.7 Å². The van der Waals surface area contributed by atoms with E-state index in [1.165, 1.54) is 16.2 Å². The Kier molecular flexibility index (Phi) is 4.42. The normalized spacial score (nSPS) is 11.6. The SMILES string of the molecule is Cc1ccc(-c2csc3ncn(CCOC(C)C)c(=O)c23)s1. The van der Waals surface area contributed by atoms with Gasteiger partial charge < -0.3 is 4.74 Å². The van der Waals surface area contributed by atoms with Crippen LogP contribution in [0.2, 0.25) is 0 Å². The standard InChI is InChI=1S/C16H18N2O2S2/c1-10(2)20-7-6-18-9-17-15-14(16(18)19)12(8-21-15)13-5-4-11(3)22-13/h4-5,8-10H,6-7H2,1-3H3. The molecule has 0 fully saturated rings. The summed E-state index contributed by atoms with van der Waals surface area (Å²) in [4.78, 5) is 20.3. The van der Waals surface area contributed by atoms with Gasteiger partial charge in [-0.3, -0.25) is 9.36 Å². The number of ether oxygens (including phenoxy) is 1. The molecule has 0 aliphatic heterocycles. The number of hydrogen-bond donors (Lipinski definition) is 0. The molecule has 0 unspecified atom stereocenters. The molecule has 0 spiro atoms. The fourth-order valence-corrected chi connectivity index (χ4v) is 4.14. The average molecular weight is 334 g/mol. The summed E-state index contributed by atoms with van der Waals surface area (Å²) in [7, 11) is 0. The topological polar surface area (TPSA) is 44.1 Å². The first kappa shape index (κ1) is 15.4. The van der Waals surface area contributed by atoms with Crippen LogP contribution in [0.3, 0.4) is 0 Å². The van der Waals surface area contributed by atoms with Crippen molar-refractivity contribution in [2.24, 2.45) is 0 Å². The Labute approximate surface area is 137 Å². The van der Waals surface area contributed by atoms with E-state index < -0.39 is 0 Å². The van der Waals surface area contributed by atoms with Crippen molar-refractivity contribution in [2.45, 2.75) is 33.4 Å². The highest BCUT2D eigenvalue weighted by atomic mass is 32.1. The first-order chi connectivity index (χ1) is 10.6. The molecule has 4 nitrogen and oxygen atoms in total. The van der Waals surface area contributed by atoms with Crippen LogP contribution in [0.15, 0.2) is 28.6 Å². The molecule has 0 bridgehead atoms. The molecule has 3 aromatic rings. The second kappa shape index (κ2) is 6.32. The number of aromatic nitrogens is 2. The molecular weight excluding hydrogens is 316 g/mol. The maximum Gasteiger partial charge on any atom is 0.262 e. The van der Waals surface area contributed by atoms with Gasteiger partial charge in [-0.25, -0.2) is 4.98 Å². The molecule has 3 rings (SSSR count). The second-order valence-corrected chi connectivity index (χ2v) is 7.55. The van der Waals surface area contributed by atoms with E-state index >= 15 is 0 Å². The third kappa shape index (κ3) is 2.99. The van der Waals surface area contributed by atoms with Crippen molar-refractivity contribution in [3.63, 3.8) is 0 Å². The predicted molar refractivity (Wildman–Crippen MR) is 93.0 cm³/mol. The fourth-order valence-electron chi connectivity index (χ4n) is 2.27. The largest absolute Gasteiger partial charge is 0.377 e. The Morgan fingerprint density at radius 1 is 1.36 bits per heavy atom. The van der Waals surface area contributed by atoms with E-state index in [0.717, 1.165) is 20.7 Å². The summed E-state index contributed by atoms with van der Waals surface area (Å²) < 4.78 is 7.17. The molecule has 116 valence electrons. The average Bonchev–Trinajstić information content (AvgIpc) is 3.07. The highest BCUT2D eigenvalue weighted by molar-refractivity contribution is 7.19. The zero-order valence-corrected chi connectivity index (χ0v) is 14.5. The lowest BCUT2D eigenvalue weighted by Crippen LogP contribution is -2.23. The molecule has 6 heteroatoms. The molecule has 3 aromatic heterocycles. The Hall–Kier alpha value is -1.50. The summed E-state index contributed by atoms with van der Waals surface area (Å²) in [5.41, 5.74) is 1.01. The number of hydrogen-bond acceptors (Lipinski definition) is 5. The molecule has 0 aromatic carbocycles. The van der Waals surface area contributed by atoms with Crippen LogP contribution in [0.1, 0.15) is 18.7 Å². The Bertz CT molecular complexity index is 845. The van der Waals surface area contributed by atoms with Gasteiger partial charge in [0.05, 0.1) is 31.0 Å². The quantitative estimate of drug-likeness (QED) is 0.710. The van der Waals surface area contributed by atoms with Gasteiger partial charge in [-0.2, -0.15) is 0 Å². The van der Waals surface area contributed by atoms with Gasteiger partial charge in [-0.1, -0.05) is 0 Å². The van der Waals surface area contributed by atoms with E-state index in [-0.39, 0.29) is 11.7 Å². The smallest absolute Gasteiger partial charge is 0.262 e. The van der Waals surface area contributed by atoms with E-state index in [2.05, 4.69) is 24.0 Å². The number of nitrogens with zero attached hydrogens (tertiary/aromatic N) is 2. The van der Waals surface area contributed by atoms with Crippen LogP contribution in [0.5, 0.6) is 0 Å². The summed E-state index contributed by atoms with van der Waals surface area (Å²) >= 11 is 3.22. The van der Waals surface area contributed by atoms with Crippen LogP contribution in [-0.2, 0) is 11.3 Å². The van der Waals surface area contributed by atoms with Crippen LogP contribution in [0.4, 0.5) is 0 Å². The molecule has 0 aliphatic rings. The third-order valence-electron chi connectivity index (χ3n) is 3.35. The Morgan fingerprint density at radius 2 is 2.18 bits per heavy atom. The monoisotopic (exact) mass is 334 g/mol. The maximum atomic E-state index is 12.7. The molecule has 0 radical (unpaired) electrons. The molecule has 3 heterocycles. The summed E-state index contributed by atoms with van der Waals surface area (Å²) in [6, 6.07) is 4.15. The van der Waals surface area contributed by atoms with Crippen molar-refractivity contribution in [3.8, 4) is 10.4 Å². The fraction of sp³-hybridized carbons (Fsp3) is 0.375. The molecular formula is C16H18N2O2S2. The van der Waals surface area contributed by atoms with Crippen molar-refractivity contribution in [1.29, 1.82) is 0 Å². The van der Waals surface area contributed by atoms with E-state index in [0.29, 0.717) is 13.2 Å². The lowest BCUT2D eigenvalue weighted by Gasteiger charge is -2.09. The van der Waals surface area contributed by atoms with Crippen molar-refractivity contribution >= 4 is 32.9 Å². The van der Waals surface area contributed by atoms with Gasteiger partial charge in [-0.15, -0.1) is 22.7 Å². The second-order valence-electron chi connectivity index (χ2n) is 5.40. The van der Waals surface area contributed by atoms with Gasteiger partial charge in [0.25, 0.3) is 5.56 Å². The highest BCUT2D eigenvalue weighted by Gasteiger charge is 2.14. The highest BCUT2D eigenvalue weighted by Crippen LogP contribution is 2.34. The lowest BCUT2D eigenvalue weighted by atomic mass is 10.2. The number of aryl methyl sites for hydroxylation is 1. The summed E-state index contributed by atoms with van der Waals surface area (Å²) in [5.74, 6) is 0.